The van der Waals surface area contributed by atoms with Crippen molar-refractivity contribution in [1.29, 1.82) is 0 Å². The molecule has 302 valence electrons. The zero-order chi connectivity index (χ0) is 40.0. The molecule has 5 aliphatic rings. The smallest absolute Gasteiger partial charge is 0.408 e. The Morgan fingerprint density at radius 1 is 1.05 bits per heavy atom. The zero-order valence-corrected chi connectivity index (χ0v) is 33.7. The van der Waals surface area contributed by atoms with Gasteiger partial charge in [-0.3, -0.25) is 23.9 Å². The second-order valence-corrected chi connectivity index (χ2v) is 19.4. The molecular formula is C39H50N6O9S2. The number of benzene rings is 1. The minimum absolute atomic E-state index is 0.128. The molecule has 0 bridgehead atoms. The average Bonchev–Trinajstić information content (AvgIpc) is 3.96. The van der Waals surface area contributed by atoms with Crippen LogP contribution >= 0.6 is 11.3 Å². The molecule has 6 atom stereocenters. The lowest BCUT2D eigenvalue weighted by Crippen LogP contribution is -2.60. The lowest BCUT2D eigenvalue weighted by Gasteiger charge is -2.33. The molecule has 2 aromatic rings. The van der Waals surface area contributed by atoms with Crippen LogP contribution < -0.4 is 20.1 Å². The minimum atomic E-state index is -3.91. The van der Waals surface area contributed by atoms with E-state index >= 15 is 0 Å². The first-order chi connectivity index (χ1) is 26.6. The fourth-order valence-electron chi connectivity index (χ4n) is 8.11. The third-order valence-electron chi connectivity index (χ3n) is 11.2. The molecule has 3 aliphatic heterocycles. The molecule has 5 amide bonds. The van der Waals surface area contributed by atoms with Crippen molar-refractivity contribution in [2.75, 3.05) is 26.7 Å². The van der Waals surface area contributed by atoms with E-state index in [0.717, 1.165) is 18.4 Å². The molecule has 1 aromatic heterocycles. The van der Waals surface area contributed by atoms with Gasteiger partial charge < -0.3 is 29.9 Å². The Hall–Kier alpha value is -4.51. The molecule has 3 N–H and O–H groups in total. The molecule has 15 nitrogen and oxygen atoms in total. The highest BCUT2D eigenvalue weighted by atomic mass is 32.2. The number of fused-ring (bicyclic) bond motifs is 4. The Morgan fingerprint density at radius 2 is 1.84 bits per heavy atom. The average molecular weight is 811 g/mol. The maximum atomic E-state index is 14.7. The van der Waals surface area contributed by atoms with E-state index in [9.17, 15) is 32.4 Å². The third-order valence-corrected chi connectivity index (χ3v) is 13.9. The van der Waals surface area contributed by atoms with Gasteiger partial charge in [-0.15, -0.1) is 11.3 Å². The quantitative estimate of drug-likeness (QED) is 0.348. The lowest BCUT2D eigenvalue weighted by molar-refractivity contribution is -0.142. The molecule has 2 aliphatic carbocycles. The number of nitrogens with zero attached hydrogens (tertiary/aromatic N) is 3. The van der Waals surface area contributed by atoms with Crippen molar-refractivity contribution in [2.45, 2.75) is 101 Å². The van der Waals surface area contributed by atoms with Gasteiger partial charge in [0.2, 0.25) is 21.8 Å². The van der Waals surface area contributed by atoms with Crippen molar-refractivity contribution in [1.82, 2.24) is 30.1 Å². The summed E-state index contributed by atoms with van der Waals surface area (Å²) < 4.78 is 38.9. The molecule has 17 heteroatoms. The fraction of sp³-hybridized carbons (Fsp3) is 0.590. The summed E-state index contributed by atoms with van der Waals surface area (Å²) in [5.74, 6) is -2.77. The molecule has 4 heterocycles. The monoisotopic (exact) mass is 810 g/mol. The number of likely N-dealkylation sites (tertiary alicyclic amines) is 1. The van der Waals surface area contributed by atoms with E-state index < -0.39 is 74.1 Å². The van der Waals surface area contributed by atoms with Crippen LogP contribution in [0.1, 0.15) is 81.9 Å². The highest BCUT2D eigenvalue weighted by molar-refractivity contribution is 7.91. The van der Waals surface area contributed by atoms with Crippen LogP contribution in [0.3, 0.4) is 0 Å². The first-order valence-corrected chi connectivity index (χ1v) is 21.7. The van der Waals surface area contributed by atoms with Gasteiger partial charge in [0.1, 0.15) is 29.0 Å². The first kappa shape index (κ1) is 39.7. The Morgan fingerprint density at radius 3 is 2.57 bits per heavy atom. The Labute approximate surface area is 331 Å². The van der Waals surface area contributed by atoms with Crippen LogP contribution in [0.2, 0.25) is 0 Å². The van der Waals surface area contributed by atoms with Gasteiger partial charge >= 0.3 is 6.09 Å². The van der Waals surface area contributed by atoms with Gasteiger partial charge in [-0.25, -0.2) is 18.2 Å². The first-order valence-electron chi connectivity index (χ1n) is 19.3. The predicted molar refractivity (Wildman–Crippen MR) is 207 cm³/mol. The third kappa shape index (κ3) is 8.43. The van der Waals surface area contributed by atoms with Crippen LogP contribution in [0.5, 0.6) is 5.75 Å². The van der Waals surface area contributed by atoms with Gasteiger partial charge in [0.15, 0.2) is 5.01 Å². The second kappa shape index (κ2) is 15.4. The summed E-state index contributed by atoms with van der Waals surface area (Å²) in [5.41, 5.74) is -0.914. The van der Waals surface area contributed by atoms with Crippen LogP contribution in [0.15, 0.2) is 41.8 Å². The molecule has 56 heavy (non-hydrogen) atoms. The van der Waals surface area contributed by atoms with Crippen LogP contribution in [0, 0.1) is 17.8 Å². The van der Waals surface area contributed by atoms with Gasteiger partial charge in [-0.05, 0) is 71.4 Å². The van der Waals surface area contributed by atoms with Gasteiger partial charge in [0, 0.05) is 48.3 Å². The number of methoxy groups -OCH3 is 1. The molecule has 7 rings (SSSR count). The summed E-state index contributed by atoms with van der Waals surface area (Å²) >= 11 is 1.22. The van der Waals surface area contributed by atoms with Crippen molar-refractivity contribution in [3.8, 4) is 17.0 Å². The highest BCUT2D eigenvalue weighted by Gasteiger charge is 2.63. The lowest BCUT2D eigenvalue weighted by atomic mass is 9.93. The van der Waals surface area contributed by atoms with E-state index in [4.69, 9.17) is 9.47 Å². The summed E-state index contributed by atoms with van der Waals surface area (Å²) in [6.45, 7) is 5.71. The van der Waals surface area contributed by atoms with Gasteiger partial charge in [0.05, 0.1) is 18.1 Å². The van der Waals surface area contributed by atoms with E-state index in [0.29, 0.717) is 43.5 Å². The van der Waals surface area contributed by atoms with Crippen LogP contribution in [0.4, 0.5) is 4.79 Å². The Kier molecular flexibility index (Phi) is 11.0. The maximum Gasteiger partial charge on any atom is 0.408 e. The van der Waals surface area contributed by atoms with E-state index in [1.165, 1.54) is 16.2 Å². The number of rotatable bonds is 7. The number of sulfonamides is 1. The van der Waals surface area contributed by atoms with Crippen molar-refractivity contribution < 1.29 is 41.9 Å². The summed E-state index contributed by atoms with van der Waals surface area (Å²) in [7, 11) is -2.34. The summed E-state index contributed by atoms with van der Waals surface area (Å²) in [6.07, 6.45) is 7.36. The van der Waals surface area contributed by atoms with Gasteiger partial charge in [-0.1, -0.05) is 37.1 Å². The number of carbonyl (C=O) groups excluding carboxylic acids is 5. The number of ether oxygens (including phenoxy) is 2. The Balaban J connectivity index is 1.17. The highest BCUT2D eigenvalue weighted by Crippen LogP contribution is 2.47. The topological polar surface area (TPSA) is 193 Å². The van der Waals surface area contributed by atoms with Crippen molar-refractivity contribution >= 4 is 51.1 Å². The molecular weight excluding hydrogens is 761 g/mol. The SMILES string of the molecule is COc1cccc(-c2csc(C(=O)N3C[C@H]4CN5C(=O)[C@H](NC(=O)OC(C)(C)C)CCCCC/C=C\[C@H]6C[C@@]6(C(=O)NS(=O)(=O)C6CC6)NC(=O)[C@@H]5[C@H]4C3)n2)c1. The summed E-state index contributed by atoms with van der Waals surface area (Å²) in [6, 6.07) is 5.28. The van der Waals surface area contributed by atoms with Crippen LogP contribution in [0.25, 0.3) is 11.3 Å². The molecule has 2 saturated heterocycles. The van der Waals surface area contributed by atoms with E-state index in [1.807, 2.05) is 36.4 Å². The second-order valence-electron chi connectivity index (χ2n) is 16.6. The zero-order valence-electron chi connectivity index (χ0n) is 32.1. The summed E-state index contributed by atoms with van der Waals surface area (Å²) in [5, 5.41) is 7.12. The number of hydrogen-bond donors (Lipinski definition) is 3. The van der Waals surface area contributed by atoms with E-state index in [-0.39, 0.29) is 42.9 Å². The number of aromatic nitrogens is 1. The molecule has 0 radical (unpaired) electrons. The number of allylic oxidation sites excluding steroid dienone is 1. The predicted octanol–water partition coefficient (Wildman–Crippen LogP) is 3.61. The number of nitrogens with one attached hydrogen (secondary N) is 3. The molecule has 0 spiro atoms. The number of carbonyl (C=O) groups is 5. The number of thiazole rings is 1. The van der Waals surface area contributed by atoms with Crippen molar-refractivity contribution in [3.05, 3.63) is 46.8 Å². The maximum absolute atomic E-state index is 14.7. The van der Waals surface area contributed by atoms with Gasteiger partial charge in [-0.2, -0.15) is 0 Å². The largest absolute Gasteiger partial charge is 0.497 e. The van der Waals surface area contributed by atoms with Crippen molar-refractivity contribution in [2.24, 2.45) is 17.8 Å². The molecule has 1 aromatic carbocycles. The molecule has 0 unspecified atom stereocenters. The summed E-state index contributed by atoms with van der Waals surface area (Å²) in [4.78, 5) is 77.7. The minimum Gasteiger partial charge on any atom is -0.497 e. The van der Waals surface area contributed by atoms with Crippen LogP contribution in [-0.4, -0.2) is 108 Å². The number of alkyl carbamates (subject to hydrolysis) is 1. The fourth-order valence-corrected chi connectivity index (χ4v) is 10.3. The standard InChI is InChI=1S/C39H50N6O9S2/c1-38(2,3)54-37(50)41-29-14-9-7-5-6-8-12-25-18-39(25,36(49)43-56(51,52)27-15-16-27)42-32(46)31-28-21-44(19-24(28)20-45(31)34(29)47)35(48)33-40-30(22-55-33)23-11-10-13-26(17-23)53-4/h8,10-13,17,22,24-25,27-29,31H,5-7,9,14-16,18-21H2,1-4H3,(H,41,50)(H,42,46)(H,43,49)/b12-8-/t24-,25-,28-,29+,31-,39+/m0/s1. The van der Waals surface area contributed by atoms with E-state index in [1.54, 1.807) is 38.2 Å². The normalized spacial score (nSPS) is 28.8. The van der Waals surface area contributed by atoms with E-state index in [2.05, 4.69) is 20.3 Å². The van der Waals surface area contributed by atoms with Crippen LogP contribution in [-0.2, 0) is 29.1 Å². The number of amides is 5. The number of hydrogen-bond acceptors (Lipinski definition) is 11. The molecule has 2 saturated carbocycles. The van der Waals surface area contributed by atoms with Crippen molar-refractivity contribution in [3.63, 3.8) is 0 Å². The molecule has 4 fully saturated rings. The van der Waals surface area contributed by atoms with Gasteiger partial charge in [0.25, 0.3) is 11.8 Å². The Bertz CT molecular complexity index is 2020.